The molecule has 0 spiro atoms. The van der Waals surface area contributed by atoms with Crippen LogP contribution < -0.4 is 0 Å². The Morgan fingerprint density at radius 1 is 1.25 bits per heavy atom. The fraction of sp³-hybridized carbons (Fsp3) is 0.571. The van der Waals surface area contributed by atoms with Gasteiger partial charge in [0.1, 0.15) is 0 Å². The summed E-state index contributed by atoms with van der Waals surface area (Å²) in [6, 6.07) is 8.53. The molecule has 2 rings (SSSR count). The molecule has 0 amide bonds. The molecule has 0 fully saturated rings. The summed E-state index contributed by atoms with van der Waals surface area (Å²) in [5.41, 5.74) is 2.75. The molecule has 0 unspecified atom stereocenters. The van der Waals surface area contributed by atoms with E-state index in [0.29, 0.717) is 0 Å². The molecule has 1 aromatic carbocycles. The number of benzene rings is 1. The van der Waals surface area contributed by atoms with Crippen LogP contribution in [0.5, 0.6) is 0 Å². The Balaban J connectivity index is 2.30. The maximum absolute atomic E-state index is 10.2. The van der Waals surface area contributed by atoms with E-state index in [1.165, 1.54) is 11.1 Å². The van der Waals surface area contributed by atoms with Gasteiger partial charge in [-0.25, -0.2) is 0 Å². The van der Waals surface area contributed by atoms with E-state index in [0.717, 1.165) is 12.8 Å². The molecular formula is C14H20OS. The lowest BCUT2D eigenvalue weighted by atomic mass is 9.89. The summed E-state index contributed by atoms with van der Waals surface area (Å²) >= 11 is 1.88. The maximum atomic E-state index is 10.2. The number of fused-ring (bicyclic) bond motifs is 1. The zero-order valence-electron chi connectivity index (χ0n) is 10.2. The summed E-state index contributed by atoms with van der Waals surface area (Å²) in [6.45, 7) is 6.63. The van der Waals surface area contributed by atoms with Crippen LogP contribution >= 0.6 is 11.8 Å². The van der Waals surface area contributed by atoms with Crippen LogP contribution in [0.2, 0.25) is 0 Å². The average molecular weight is 236 g/mol. The van der Waals surface area contributed by atoms with Crippen molar-refractivity contribution in [3.63, 3.8) is 0 Å². The highest BCUT2D eigenvalue weighted by Crippen LogP contribution is 2.45. The van der Waals surface area contributed by atoms with Crippen LogP contribution in [0.1, 0.15) is 43.6 Å². The van der Waals surface area contributed by atoms with Gasteiger partial charge in [-0.2, -0.15) is 0 Å². The van der Waals surface area contributed by atoms with Gasteiger partial charge in [-0.05, 0) is 24.0 Å². The SMILES string of the molecule is CC(C)(C)S[C@@H]1c2ccccc2CC[C@H]1O. The molecule has 0 aliphatic heterocycles. The van der Waals surface area contributed by atoms with Crippen molar-refractivity contribution < 1.29 is 5.11 Å². The summed E-state index contributed by atoms with van der Waals surface area (Å²) in [5, 5.41) is 10.4. The largest absolute Gasteiger partial charge is 0.392 e. The first-order chi connectivity index (χ1) is 7.47. The lowest BCUT2D eigenvalue weighted by molar-refractivity contribution is 0.154. The van der Waals surface area contributed by atoms with E-state index in [-0.39, 0.29) is 16.1 Å². The molecule has 0 saturated carbocycles. The van der Waals surface area contributed by atoms with Gasteiger partial charge in [0.25, 0.3) is 0 Å². The van der Waals surface area contributed by atoms with Crippen LogP contribution in [0.25, 0.3) is 0 Å². The number of rotatable bonds is 1. The van der Waals surface area contributed by atoms with Crippen LogP contribution in [-0.4, -0.2) is 16.0 Å². The van der Waals surface area contributed by atoms with Crippen LogP contribution in [0.15, 0.2) is 24.3 Å². The lowest BCUT2D eigenvalue weighted by Gasteiger charge is -2.34. The van der Waals surface area contributed by atoms with Gasteiger partial charge >= 0.3 is 0 Å². The molecule has 88 valence electrons. The first kappa shape index (κ1) is 12.0. The third-order valence-corrected chi connectivity index (χ3v) is 4.43. The van der Waals surface area contributed by atoms with Crippen LogP contribution in [0, 0.1) is 0 Å². The first-order valence-corrected chi connectivity index (χ1v) is 6.79. The standard InChI is InChI=1S/C14H20OS/c1-14(2,3)16-13-11-7-5-4-6-10(11)8-9-12(13)15/h4-7,12-13,15H,8-9H2,1-3H3/t12-,13-/m1/s1. The van der Waals surface area contributed by atoms with Crippen molar-refractivity contribution in [2.75, 3.05) is 0 Å². The Labute approximate surface area is 102 Å². The fourth-order valence-corrected chi connectivity index (χ4v) is 3.64. The minimum atomic E-state index is -0.195. The molecule has 1 aromatic rings. The van der Waals surface area contributed by atoms with Gasteiger partial charge in [0.05, 0.1) is 11.4 Å². The predicted molar refractivity (Wildman–Crippen MR) is 70.9 cm³/mol. The second kappa shape index (κ2) is 4.42. The molecule has 0 bridgehead atoms. The average Bonchev–Trinajstić information content (AvgIpc) is 2.21. The fourth-order valence-electron chi connectivity index (χ4n) is 2.22. The van der Waals surface area contributed by atoms with E-state index in [9.17, 15) is 5.11 Å². The van der Waals surface area contributed by atoms with Crippen molar-refractivity contribution >= 4 is 11.8 Å². The topological polar surface area (TPSA) is 20.2 Å². The number of aliphatic hydroxyl groups is 1. The van der Waals surface area contributed by atoms with E-state index in [1.54, 1.807) is 0 Å². The van der Waals surface area contributed by atoms with E-state index < -0.39 is 0 Å². The summed E-state index contributed by atoms with van der Waals surface area (Å²) in [4.78, 5) is 0. The monoisotopic (exact) mass is 236 g/mol. The minimum absolute atomic E-state index is 0.191. The lowest BCUT2D eigenvalue weighted by Crippen LogP contribution is -2.26. The second-order valence-corrected chi connectivity index (χ2v) is 7.42. The predicted octanol–water partition coefficient (Wildman–Crippen LogP) is 3.57. The summed E-state index contributed by atoms with van der Waals surface area (Å²) in [7, 11) is 0. The summed E-state index contributed by atoms with van der Waals surface area (Å²) in [6.07, 6.45) is 1.71. The number of hydrogen-bond donors (Lipinski definition) is 1. The first-order valence-electron chi connectivity index (χ1n) is 5.91. The van der Waals surface area contributed by atoms with Crippen LogP contribution in [0.4, 0.5) is 0 Å². The maximum Gasteiger partial charge on any atom is 0.0703 e. The third-order valence-electron chi connectivity index (χ3n) is 2.90. The quantitative estimate of drug-likeness (QED) is 0.804. The highest BCUT2D eigenvalue weighted by Gasteiger charge is 2.31. The molecule has 0 radical (unpaired) electrons. The highest BCUT2D eigenvalue weighted by molar-refractivity contribution is 8.00. The van der Waals surface area contributed by atoms with Crippen molar-refractivity contribution in [2.45, 2.75) is 49.7 Å². The minimum Gasteiger partial charge on any atom is -0.392 e. The summed E-state index contributed by atoms with van der Waals surface area (Å²) in [5.74, 6) is 0. The molecule has 1 nitrogen and oxygen atoms in total. The molecule has 1 aliphatic carbocycles. The Kier molecular flexibility index (Phi) is 3.32. The second-order valence-electron chi connectivity index (χ2n) is 5.46. The third kappa shape index (κ3) is 2.61. The Morgan fingerprint density at radius 2 is 1.94 bits per heavy atom. The van der Waals surface area contributed by atoms with Gasteiger partial charge in [-0.3, -0.25) is 0 Å². The number of thioether (sulfide) groups is 1. The molecule has 2 atom stereocenters. The molecule has 1 N–H and O–H groups in total. The molecule has 2 heteroatoms. The van der Waals surface area contributed by atoms with E-state index in [2.05, 4.69) is 45.0 Å². The van der Waals surface area contributed by atoms with Gasteiger partial charge in [0.2, 0.25) is 0 Å². The van der Waals surface area contributed by atoms with E-state index in [1.807, 2.05) is 11.8 Å². The van der Waals surface area contributed by atoms with Gasteiger partial charge in [-0.15, -0.1) is 11.8 Å². The van der Waals surface area contributed by atoms with Gasteiger partial charge in [-0.1, -0.05) is 45.0 Å². The van der Waals surface area contributed by atoms with Crippen LogP contribution in [0.3, 0.4) is 0 Å². The zero-order valence-corrected chi connectivity index (χ0v) is 11.1. The van der Waals surface area contributed by atoms with Crippen molar-refractivity contribution in [1.82, 2.24) is 0 Å². The van der Waals surface area contributed by atoms with Gasteiger partial charge in [0, 0.05) is 4.75 Å². The van der Waals surface area contributed by atoms with Gasteiger partial charge in [0.15, 0.2) is 0 Å². The number of aryl methyl sites for hydroxylation is 1. The van der Waals surface area contributed by atoms with Crippen molar-refractivity contribution in [2.24, 2.45) is 0 Å². The number of aliphatic hydroxyl groups excluding tert-OH is 1. The Bertz CT molecular complexity index is 367. The van der Waals surface area contributed by atoms with Crippen molar-refractivity contribution in [3.05, 3.63) is 35.4 Å². The summed E-state index contributed by atoms with van der Waals surface area (Å²) < 4.78 is 0.191. The number of hydrogen-bond acceptors (Lipinski definition) is 2. The molecule has 1 aliphatic rings. The molecule has 0 saturated heterocycles. The highest BCUT2D eigenvalue weighted by atomic mass is 32.2. The van der Waals surface area contributed by atoms with E-state index >= 15 is 0 Å². The molecule has 0 heterocycles. The van der Waals surface area contributed by atoms with Crippen molar-refractivity contribution in [3.8, 4) is 0 Å². The Morgan fingerprint density at radius 3 is 2.62 bits per heavy atom. The Hall–Kier alpha value is -0.470. The van der Waals surface area contributed by atoms with Crippen molar-refractivity contribution in [1.29, 1.82) is 0 Å². The molecular weight excluding hydrogens is 216 g/mol. The zero-order chi connectivity index (χ0) is 11.8. The van der Waals surface area contributed by atoms with E-state index in [4.69, 9.17) is 0 Å². The van der Waals surface area contributed by atoms with Crippen LogP contribution in [-0.2, 0) is 6.42 Å². The molecule has 16 heavy (non-hydrogen) atoms. The molecule has 0 aromatic heterocycles. The normalized spacial score (nSPS) is 25.2. The van der Waals surface area contributed by atoms with Gasteiger partial charge < -0.3 is 5.11 Å². The smallest absolute Gasteiger partial charge is 0.0703 e.